The second-order valence-corrected chi connectivity index (χ2v) is 5.49. The molecule has 26 heavy (non-hydrogen) atoms. The molecule has 0 saturated carbocycles. The number of carbonyl (C=O) groups excluding carboxylic acids is 1. The van der Waals surface area contributed by atoms with Crippen molar-refractivity contribution in [2.45, 2.75) is 6.92 Å². The fourth-order valence-electron chi connectivity index (χ4n) is 2.52. The molecular formula is C20H17N5O. The van der Waals surface area contributed by atoms with Gasteiger partial charge in [-0.3, -0.25) is 4.79 Å². The fraction of sp³-hybridized carbons (Fsp3) is 0.100. The maximum Gasteiger partial charge on any atom is 0.275 e. The highest BCUT2D eigenvalue weighted by Gasteiger charge is 2.12. The van der Waals surface area contributed by atoms with Crippen LogP contribution >= 0.6 is 0 Å². The molecule has 0 aliphatic carbocycles. The van der Waals surface area contributed by atoms with Crippen LogP contribution in [0.25, 0.3) is 0 Å². The van der Waals surface area contributed by atoms with Crippen LogP contribution in [0, 0.1) is 11.3 Å². The van der Waals surface area contributed by atoms with E-state index in [0.29, 0.717) is 17.1 Å². The van der Waals surface area contributed by atoms with Gasteiger partial charge in [-0.25, -0.2) is 9.97 Å². The minimum absolute atomic E-state index is 0.209. The molecule has 0 aliphatic heterocycles. The van der Waals surface area contributed by atoms with Crippen LogP contribution in [0.5, 0.6) is 0 Å². The predicted molar refractivity (Wildman–Crippen MR) is 100 cm³/mol. The lowest BCUT2D eigenvalue weighted by Gasteiger charge is -2.21. The molecule has 0 saturated heterocycles. The number of carbonyl (C=O) groups is 1. The molecule has 128 valence electrons. The number of anilines is 3. The number of nitrogens with zero attached hydrogens (tertiary/aromatic N) is 4. The first-order valence-electron chi connectivity index (χ1n) is 8.17. The first-order chi connectivity index (χ1) is 12.7. The zero-order valence-electron chi connectivity index (χ0n) is 14.3. The lowest BCUT2D eigenvalue weighted by atomic mass is 10.2. The maximum absolute atomic E-state index is 12.3. The van der Waals surface area contributed by atoms with E-state index in [-0.39, 0.29) is 11.6 Å². The van der Waals surface area contributed by atoms with E-state index in [1.165, 1.54) is 6.20 Å². The summed E-state index contributed by atoms with van der Waals surface area (Å²) in [6.07, 6.45) is 3.03. The number of amides is 1. The molecule has 1 heterocycles. The van der Waals surface area contributed by atoms with Crippen molar-refractivity contribution in [1.29, 1.82) is 5.26 Å². The van der Waals surface area contributed by atoms with Gasteiger partial charge in [-0.1, -0.05) is 24.3 Å². The van der Waals surface area contributed by atoms with Crippen molar-refractivity contribution in [2.75, 3.05) is 16.8 Å². The summed E-state index contributed by atoms with van der Waals surface area (Å²) in [5, 5.41) is 11.6. The minimum Gasteiger partial charge on any atom is -0.325 e. The Balaban J connectivity index is 1.76. The van der Waals surface area contributed by atoms with Gasteiger partial charge in [0.15, 0.2) is 5.82 Å². The van der Waals surface area contributed by atoms with Crippen molar-refractivity contribution in [2.24, 2.45) is 0 Å². The highest BCUT2D eigenvalue weighted by molar-refractivity contribution is 6.02. The summed E-state index contributed by atoms with van der Waals surface area (Å²) in [4.78, 5) is 22.9. The van der Waals surface area contributed by atoms with Crippen molar-refractivity contribution < 1.29 is 4.79 Å². The number of rotatable bonds is 5. The zero-order chi connectivity index (χ0) is 18.4. The summed E-state index contributed by atoms with van der Waals surface area (Å²) in [6, 6.07) is 18.6. The molecule has 0 spiro atoms. The molecule has 0 fully saturated rings. The van der Waals surface area contributed by atoms with E-state index in [9.17, 15) is 4.79 Å². The van der Waals surface area contributed by atoms with Gasteiger partial charge in [0.1, 0.15) is 5.69 Å². The molecule has 1 N–H and O–H groups in total. The van der Waals surface area contributed by atoms with E-state index in [4.69, 9.17) is 5.26 Å². The average Bonchev–Trinajstić information content (AvgIpc) is 2.70. The average molecular weight is 343 g/mol. The standard InChI is InChI=1S/C20H17N5O/c1-2-25(17-9-4-3-5-10-17)19-14-22-18(13-23-19)20(26)24-16-8-6-7-15(11-16)12-21/h3-11,13-14H,2H2,1H3,(H,24,26). The van der Waals surface area contributed by atoms with E-state index in [2.05, 4.69) is 15.3 Å². The van der Waals surface area contributed by atoms with Gasteiger partial charge in [-0.2, -0.15) is 5.26 Å². The number of aromatic nitrogens is 2. The quantitative estimate of drug-likeness (QED) is 0.763. The van der Waals surface area contributed by atoms with E-state index < -0.39 is 0 Å². The van der Waals surface area contributed by atoms with Gasteiger partial charge in [0, 0.05) is 17.9 Å². The first kappa shape index (κ1) is 17.1. The van der Waals surface area contributed by atoms with Gasteiger partial charge in [0.2, 0.25) is 0 Å². The van der Waals surface area contributed by atoms with Crippen LogP contribution in [-0.2, 0) is 0 Å². The number of hydrogen-bond acceptors (Lipinski definition) is 5. The molecule has 0 atom stereocenters. The maximum atomic E-state index is 12.3. The van der Waals surface area contributed by atoms with Gasteiger partial charge < -0.3 is 10.2 Å². The molecule has 1 amide bonds. The highest BCUT2D eigenvalue weighted by atomic mass is 16.1. The van der Waals surface area contributed by atoms with E-state index in [1.54, 1.807) is 30.5 Å². The number of benzene rings is 2. The third-order valence-electron chi connectivity index (χ3n) is 3.78. The second kappa shape index (κ2) is 7.90. The molecular weight excluding hydrogens is 326 g/mol. The second-order valence-electron chi connectivity index (χ2n) is 5.49. The summed E-state index contributed by atoms with van der Waals surface area (Å²) in [7, 11) is 0. The number of nitrogens with one attached hydrogen (secondary N) is 1. The van der Waals surface area contributed by atoms with Crippen molar-refractivity contribution in [1.82, 2.24) is 9.97 Å². The molecule has 1 aromatic heterocycles. The number of nitriles is 1. The Hall–Kier alpha value is -3.72. The monoisotopic (exact) mass is 343 g/mol. The third kappa shape index (κ3) is 3.84. The van der Waals surface area contributed by atoms with Gasteiger partial charge in [0.25, 0.3) is 5.91 Å². The zero-order valence-corrected chi connectivity index (χ0v) is 14.3. The molecule has 2 aromatic carbocycles. The smallest absolute Gasteiger partial charge is 0.275 e. The molecule has 6 nitrogen and oxygen atoms in total. The van der Waals surface area contributed by atoms with Crippen LogP contribution in [0.15, 0.2) is 67.0 Å². The summed E-state index contributed by atoms with van der Waals surface area (Å²) in [5.41, 5.74) is 2.24. The minimum atomic E-state index is -0.373. The SMILES string of the molecule is CCN(c1ccccc1)c1cnc(C(=O)Nc2cccc(C#N)c2)cn1. The van der Waals surface area contributed by atoms with Gasteiger partial charge >= 0.3 is 0 Å². The van der Waals surface area contributed by atoms with Gasteiger partial charge in [-0.05, 0) is 37.3 Å². The number of para-hydroxylation sites is 1. The topological polar surface area (TPSA) is 81.9 Å². The van der Waals surface area contributed by atoms with Gasteiger partial charge in [-0.15, -0.1) is 0 Å². The Labute approximate surface area is 151 Å². The molecule has 0 unspecified atom stereocenters. The summed E-state index contributed by atoms with van der Waals surface area (Å²) < 4.78 is 0. The summed E-state index contributed by atoms with van der Waals surface area (Å²) >= 11 is 0. The van der Waals surface area contributed by atoms with Crippen molar-refractivity contribution in [3.63, 3.8) is 0 Å². The third-order valence-corrected chi connectivity index (χ3v) is 3.78. The lowest BCUT2D eigenvalue weighted by Crippen LogP contribution is -2.19. The Morgan fingerprint density at radius 3 is 2.58 bits per heavy atom. The molecule has 3 aromatic rings. The number of hydrogen-bond donors (Lipinski definition) is 1. The van der Waals surface area contributed by atoms with Crippen molar-refractivity contribution in [3.8, 4) is 6.07 Å². The molecule has 0 radical (unpaired) electrons. The molecule has 3 rings (SSSR count). The van der Waals surface area contributed by atoms with Crippen LogP contribution in [0.1, 0.15) is 23.0 Å². The summed E-state index contributed by atoms with van der Waals surface area (Å²) in [6.45, 7) is 2.75. The van der Waals surface area contributed by atoms with Crippen molar-refractivity contribution >= 4 is 23.1 Å². The Kier molecular flexibility index (Phi) is 5.20. The molecule has 0 aliphatic rings. The first-order valence-corrected chi connectivity index (χ1v) is 8.17. The lowest BCUT2D eigenvalue weighted by molar-refractivity contribution is 0.102. The summed E-state index contributed by atoms with van der Waals surface area (Å²) in [5.74, 6) is 0.295. The largest absolute Gasteiger partial charge is 0.325 e. The normalized spacial score (nSPS) is 10.0. The van der Waals surface area contributed by atoms with Crippen LogP contribution in [0.3, 0.4) is 0 Å². The highest BCUT2D eigenvalue weighted by Crippen LogP contribution is 2.22. The van der Waals surface area contributed by atoms with Crippen LogP contribution < -0.4 is 10.2 Å². The Morgan fingerprint density at radius 1 is 1.12 bits per heavy atom. The van der Waals surface area contributed by atoms with E-state index in [1.807, 2.05) is 48.2 Å². The Morgan fingerprint density at radius 2 is 1.92 bits per heavy atom. The molecule has 6 heteroatoms. The fourth-order valence-corrected chi connectivity index (χ4v) is 2.52. The van der Waals surface area contributed by atoms with Crippen LogP contribution in [0.4, 0.5) is 17.2 Å². The Bertz CT molecular complexity index is 932. The van der Waals surface area contributed by atoms with E-state index in [0.717, 1.165) is 12.2 Å². The molecule has 0 bridgehead atoms. The van der Waals surface area contributed by atoms with Crippen molar-refractivity contribution in [3.05, 3.63) is 78.2 Å². The van der Waals surface area contributed by atoms with E-state index >= 15 is 0 Å². The van der Waals surface area contributed by atoms with Crippen LogP contribution in [0.2, 0.25) is 0 Å². The predicted octanol–water partition coefficient (Wildman–Crippen LogP) is 3.76. The van der Waals surface area contributed by atoms with Crippen LogP contribution in [-0.4, -0.2) is 22.4 Å². The van der Waals surface area contributed by atoms with Gasteiger partial charge in [0.05, 0.1) is 24.0 Å².